The van der Waals surface area contributed by atoms with Gasteiger partial charge in [0.15, 0.2) is 0 Å². The molecule has 0 aliphatic rings. The molecule has 3 nitrogen and oxygen atoms in total. The van der Waals surface area contributed by atoms with Crippen molar-refractivity contribution in [1.29, 1.82) is 0 Å². The number of carbonyl (C=O) groups is 1. The van der Waals surface area contributed by atoms with Crippen molar-refractivity contribution >= 4 is 5.91 Å². The first kappa shape index (κ1) is 15.2. The van der Waals surface area contributed by atoms with Crippen LogP contribution in [0.2, 0.25) is 0 Å². The van der Waals surface area contributed by atoms with E-state index in [2.05, 4.69) is 10.3 Å². The second-order valence-corrected chi connectivity index (χ2v) is 5.38. The van der Waals surface area contributed by atoms with E-state index in [1.54, 1.807) is 18.3 Å². The van der Waals surface area contributed by atoms with Gasteiger partial charge in [0, 0.05) is 6.20 Å². The van der Waals surface area contributed by atoms with Gasteiger partial charge in [-0.05, 0) is 36.6 Å². The smallest absolute Gasteiger partial charge is 0.254 e. The third-order valence-electron chi connectivity index (χ3n) is 3.42. The molecule has 0 aliphatic carbocycles. The van der Waals surface area contributed by atoms with E-state index < -0.39 is 11.7 Å². The van der Waals surface area contributed by atoms with Gasteiger partial charge in [0.05, 0.1) is 17.3 Å². The predicted molar refractivity (Wildman–Crippen MR) is 80.4 cm³/mol. The van der Waals surface area contributed by atoms with E-state index in [0.29, 0.717) is 0 Å². The van der Waals surface area contributed by atoms with Gasteiger partial charge in [0.1, 0.15) is 5.82 Å². The highest BCUT2D eigenvalue weighted by atomic mass is 19.1. The van der Waals surface area contributed by atoms with Crippen molar-refractivity contribution in [1.82, 2.24) is 10.3 Å². The summed E-state index contributed by atoms with van der Waals surface area (Å²) in [6.07, 6.45) is 1.70. The van der Waals surface area contributed by atoms with Gasteiger partial charge in [-0.1, -0.05) is 32.0 Å². The summed E-state index contributed by atoms with van der Waals surface area (Å²) in [5.74, 6) is -0.790. The molecule has 2 aromatic rings. The molecular formula is C17H19FN2O. The molecule has 0 bridgehead atoms. The number of aryl methyl sites for hydroxylation is 1. The second kappa shape index (κ2) is 6.48. The van der Waals surface area contributed by atoms with Crippen LogP contribution in [0, 0.1) is 18.7 Å². The van der Waals surface area contributed by atoms with Crippen molar-refractivity contribution < 1.29 is 9.18 Å². The van der Waals surface area contributed by atoms with E-state index in [9.17, 15) is 9.18 Å². The highest BCUT2D eigenvalue weighted by Gasteiger charge is 2.22. The van der Waals surface area contributed by atoms with Gasteiger partial charge in [-0.25, -0.2) is 4.39 Å². The van der Waals surface area contributed by atoms with Crippen molar-refractivity contribution in [3.05, 3.63) is 65.2 Å². The Bertz CT molecular complexity index is 640. The topological polar surface area (TPSA) is 42.0 Å². The number of rotatable bonds is 4. The van der Waals surface area contributed by atoms with Crippen LogP contribution in [-0.4, -0.2) is 10.9 Å². The Morgan fingerprint density at radius 3 is 2.52 bits per heavy atom. The lowest BCUT2D eigenvalue weighted by molar-refractivity contribution is 0.0920. The van der Waals surface area contributed by atoms with Crippen LogP contribution in [0.5, 0.6) is 0 Å². The Morgan fingerprint density at radius 1 is 1.19 bits per heavy atom. The first-order valence-corrected chi connectivity index (χ1v) is 6.97. The zero-order valence-corrected chi connectivity index (χ0v) is 12.4. The fraction of sp³-hybridized carbons (Fsp3) is 0.294. The standard InChI is InChI=1S/C17H19FN2O/c1-11(2)15(16-12(3)7-6-10-19-16)20-17(21)13-8-4-5-9-14(13)18/h4-11,15H,1-3H3,(H,20,21)/t15-/m1/s1. The minimum Gasteiger partial charge on any atom is -0.343 e. The van der Waals surface area contributed by atoms with E-state index in [1.165, 1.54) is 12.1 Å². The fourth-order valence-corrected chi connectivity index (χ4v) is 2.24. The lowest BCUT2D eigenvalue weighted by Gasteiger charge is -2.23. The molecular weight excluding hydrogens is 267 g/mol. The normalized spacial score (nSPS) is 12.2. The highest BCUT2D eigenvalue weighted by Crippen LogP contribution is 2.23. The van der Waals surface area contributed by atoms with Crippen molar-refractivity contribution in [3.8, 4) is 0 Å². The number of nitrogens with zero attached hydrogens (tertiary/aromatic N) is 1. The Hall–Kier alpha value is -2.23. The van der Waals surface area contributed by atoms with Crippen molar-refractivity contribution in [2.24, 2.45) is 5.92 Å². The molecule has 2 rings (SSSR count). The zero-order valence-electron chi connectivity index (χ0n) is 12.4. The Balaban J connectivity index is 2.28. The van der Waals surface area contributed by atoms with Crippen LogP contribution in [0.4, 0.5) is 4.39 Å². The monoisotopic (exact) mass is 286 g/mol. The predicted octanol–water partition coefficient (Wildman–Crippen LogP) is 3.66. The van der Waals surface area contributed by atoms with Gasteiger partial charge >= 0.3 is 0 Å². The summed E-state index contributed by atoms with van der Waals surface area (Å²) >= 11 is 0. The first-order chi connectivity index (χ1) is 10.0. The molecule has 110 valence electrons. The zero-order chi connectivity index (χ0) is 15.4. The van der Waals surface area contributed by atoms with E-state index in [-0.39, 0.29) is 17.5 Å². The molecule has 0 spiro atoms. The molecule has 21 heavy (non-hydrogen) atoms. The van der Waals surface area contributed by atoms with Crippen molar-refractivity contribution in [2.75, 3.05) is 0 Å². The van der Waals surface area contributed by atoms with Crippen LogP contribution in [0.3, 0.4) is 0 Å². The van der Waals surface area contributed by atoms with Crippen LogP contribution in [0.25, 0.3) is 0 Å². The molecule has 1 N–H and O–H groups in total. The van der Waals surface area contributed by atoms with Gasteiger partial charge in [0.2, 0.25) is 0 Å². The number of carbonyl (C=O) groups excluding carboxylic acids is 1. The summed E-state index contributed by atoms with van der Waals surface area (Å²) in [5.41, 5.74) is 1.87. The number of pyridine rings is 1. The highest BCUT2D eigenvalue weighted by molar-refractivity contribution is 5.94. The number of benzene rings is 1. The van der Waals surface area contributed by atoms with Gasteiger partial charge < -0.3 is 5.32 Å². The molecule has 0 radical (unpaired) electrons. The average Bonchev–Trinajstić information content (AvgIpc) is 2.45. The van der Waals surface area contributed by atoms with E-state index in [0.717, 1.165) is 11.3 Å². The Labute approximate surface area is 124 Å². The number of hydrogen-bond donors (Lipinski definition) is 1. The molecule has 1 atom stereocenters. The molecule has 1 amide bonds. The third kappa shape index (κ3) is 3.45. The molecule has 0 fully saturated rings. The first-order valence-electron chi connectivity index (χ1n) is 6.97. The summed E-state index contributed by atoms with van der Waals surface area (Å²) in [6, 6.07) is 9.53. The van der Waals surface area contributed by atoms with E-state index >= 15 is 0 Å². The van der Waals surface area contributed by atoms with Gasteiger partial charge in [-0.3, -0.25) is 9.78 Å². The quantitative estimate of drug-likeness (QED) is 0.932. The maximum atomic E-state index is 13.7. The SMILES string of the molecule is Cc1cccnc1[C@H](NC(=O)c1ccccc1F)C(C)C. The maximum Gasteiger partial charge on any atom is 0.254 e. The molecule has 1 aromatic carbocycles. The van der Waals surface area contributed by atoms with E-state index in [1.807, 2.05) is 32.9 Å². The summed E-state index contributed by atoms with van der Waals surface area (Å²) < 4.78 is 13.7. The maximum absolute atomic E-state index is 13.7. The molecule has 4 heteroatoms. The van der Waals surface area contributed by atoms with Gasteiger partial charge in [-0.2, -0.15) is 0 Å². The number of nitrogens with one attached hydrogen (secondary N) is 1. The van der Waals surface area contributed by atoms with E-state index in [4.69, 9.17) is 0 Å². The minimum atomic E-state index is -0.518. The van der Waals surface area contributed by atoms with Crippen molar-refractivity contribution in [2.45, 2.75) is 26.8 Å². The van der Waals surface area contributed by atoms with Crippen LogP contribution in [-0.2, 0) is 0 Å². The van der Waals surface area contributed by atoms with Gasteiger partial charge in [-0.15, -0.1) is 0 Å². The fourth-order valence-electron chi connectivity index (χ4n) is 2.24. The number of amides is 1. The Morgan fingerprint density at radius 2 is 1.90 bits per heavy atom. The van der Waals surface area contributed by atoms with Crippen molar-refractivity contribution in [3.63, 3.8) is 0 Å². The Kier molecular flexibility index (Phi) is 4.68. The molecule has 0 saturated heterocycles. The number of halogens is 1. The van der Waals surface area contributed by atoms with Crippen LogP contribution < -0.4 is 5.32 Å². The lowest BCUT2D eigenvalue weighted by atomic mass is 9.97. The number of aromatic nitrogens is 1. The largest absolute Gasteiger partial charge is 0.343 e. The third-order valence-corrected chi connectivity index (χ3v) is 3.42. The molecule has 0 aliphatic heterocycles. The van der Waals surface area contributed by atoms with Crippen LogP contribution in [0.1, 0.15) is 41.5 Å². The molecule has 0 saturated carbocycles. The average molecular weight is 286 g/mol. The van der Waals surface area contributed by atoms with Crippen LogP contribution in [0.15, 0.2) is 42.6 Å². The molecule has 1 heterocycles. The number of hydrogen-bond acceptors (Lipinski definition) is 2. The summed E-state index contributed by atoms with van der Waals surface area (Å²) in [6.45, 7) is 5.95. The summed E-state index contributed by atoms with van der Waals surface area (Å²) in [5, 5.41) is 2.89. The summed E-state index contributed by atoms with van der Waals surface area (Å²) in [7, 11) is 0. The lowest BCUT2D eigenvalue weighted by Crippen LogP contribution is -2.33. The van der Waals surface area contributed by atoms with Gasteiger partial charge in [0.25, 0.3) is 5.91 Å². The second-order valence-electron chi connectivity index (χ2n) is 5.38. The van der Waals surface area contributed by atoms with Crippen LogP contribution >= 0.6 is 0 Å². The molecule has 1 aromatic heterocycles. The minimum absolute atomic E-state index is 0.0525. The molecule has 0 unspecified atom stereocenters. The summed E-state index contributed by atoms with van der Waals surface area (Å²) in [4.78, 5) is 16.6.